The fraction of sp³-hybridized carbons (Fsp3) is 0.286. The van der Waals surface area contributed by atoms with E-state index in [-0.39, 0.29) is 11.8 Å². The summed E-state index contributed by atoms with van der Waals surface area (Å²) < 4.78 is 2.03. The number of Topliss-reactive ketones (excluding diaryl/α,β-unsaturated/α-hetero) is 1. The normalized spacial score (nSPS) is 10.8. The second-order valence-electron chi connectivity index (χ2n) is 4.37. The van der Waals surface area contributed by atoms with Crippen LogP contribution in [0.5, 0.6) is 0 Å². The van der Waals surface area contributed by atoms with Crippen LogP contribution in [0.2, 0.25) is 0 Å². The highest BCUT2D eigenvalue weighted by Crippen LogP contribution is 2.22. The Bertz CT molecular complexity index is 526. The Morgan fingerprint density at radius 2 is 1.88 bits per heavy atom. The summed E-state index contributed by atoms with van der Waals surface area (Å²) in [5.41, 5.74) is 1.56. The van der Waals surface area contributed by atoms with Crippen molar-refractivity contribution in [3.05, 3.63) is 42.2 Å². The number of carbonyl (C=O) groups excluding carboxylic acids is 1. The maximum Gasteiger partial charge on any atom is 0.179 e. The number of ketones is 1. The molecule has 0 aliphatic rings. The zero-order chi connectivity index (χ0) is 12.4. The van der Waals surface area contributed by atoms with Crippen LogP contribution in [-0.4, -0.2) is 15.3 Å². The van der Waals surface area contributed by atoms with Gasteiger partial charge in [-0.05, 0) is 13.8 Å². The standard InChI is InChI=1S/C14H16N2O/c1-10(2)16-9-13(11(3)17)15-14(16)12-7-5-4-6-8-12/h4-10H,1-3H3. The van der Waals surface area contributed by atoms with E-state index >= 15 is 0 Å². The van der Waals surface area contributed by atoms with Gasteiger partial charge in [0.15, 0.2) is 5.78 Å². The van der Waals surface area contributed by atoms with E-state index in [4.69, 9.17) is 0 Å². The van der Waals surface area contributed by atoms with Crippen LogP contribution < -0.4 is 0 Å². The molecule has 0 radical (unpaired) electrons. The molecule has 2 aromatic rings. The second-order valence-corrected chi connectivity index (χ2v) is 4.37. The van der Waals surface area contributed by atoms with Crippen LogP contribution in [0.1, 0.15) is 37.3 Å². The highest BCUT2D eigenvalue weighted by Gasteiger charge is 2.14. The minimum absolute atomic E-state index is 0.00146. The van der Waals surface area contributed by atoms with Gasteiger partial charge in [-0.15, -0.1) is 0 Å². The van der Waals surface area contributed by atoms with Crippen molar-refractivity contribution in [1.82, 2.24) is 9.55 Å². The van der Waals surface area contributed by atoms with Crippen LogP contribution in [0, 0.1) is 0 Å². The molecule has 0 atom stereocenters. The number of imidazole rings is 1. The molecular formula is C14H16N2O. The fourth-order valence-corrected chi connectivity index (χ4v) is 1.76. The molecule has 0 unspecified atom stereocenters. The van der Waals surface area contributed by atoms with Gasteiger partial charge >= 0.3 is 0 Å². The topological polar surface area (TPSA) is 34.9 Å². The average molecular weight is 228 g/mol. The Balaban J connectivity index is 2.56. The molecule has 0 saturated carbocycles. The van der Waals surface area contributed by atoms with Gasteiger partial charge in [-0.25, -0.2) is 4.98 Å². The summed E-state index contributed by atoms with van der Waals surface area (Å²) in [4.78, 5) is 15.8. The van der Waals surface area contributed by atoms with Crippen molar-refractivity contribution in [3.8, 4) is 11.4 Å². The Morgan fingerprint density at radius 3 is 2.41 bits per heavy atom. The summed E-state index contributed by atoms with van der Waals surface area (Å²) in [6.45, 7) is 5.71. The van der Waals surface area contributed by atoms with E-state index in [1.54, 1.807) is 6.92 Å². The predicted molar refractivity (Wildman–Crippen MR) is 68.1 cm³/mol. The van der Waals surface area contributed by atoms with E-state index in [9.17, 15) is 4.79 Å². The molecule has 0 saturated heterocycles. The molecule has 1 heterocycles. The lowest BCUT2D eigenvalue weighted by Gasteiger charge is -2.10. The van der Waals surface area contributed by atoms with E-state index in [0.29, 0.717) is 5.69 Å². The molecule has 0 aliphatic carbocycles. The summed E-state index contributed by atoms with van der Waals surface area (Å²) in [6, 6.07) is 10.2. The first-order valence-corrected chi connectivity index (χ1v) is 5.75. The van der Waals surface area contributed by atoms with Gasteiger partial charge in [-0.1, -0.05) is 30.3 Å². The first-order chi connectivity index (χ1) is 8.09. The van der Waals surface area contributed by atoms with Crippen LogP contribution in [0.25, 0.3) is 11.4 Å². The third-order valence-corrected chi connectivity index (χ3v) is 2.68. The average Bonchev–Trinajstić information content (AvgIpc) is 2.75. The first kappa shape index (κ1) is 11.6. The van der Waals surface area contributed by atoms with Gasteiger partial charge in [0.2, 0.25) is 0 Å². The van der Waals surface area contributed by atoms with Crippen molar-refractivity contribution in [2.24, 2.45) is 0 Å². The molecule has 17 heavy (non-hydrogen) atoms. The molecule has 1 aromatic carbocycles. The molecule has 3 heteroatoms. The van der Waals surface area contributed by atoms with Crippen molar-refractivity contribution >= 4 is 5.78 Å². The van der Waals surface area contributed by atoms with Crippen LogP contribution in [0.15, 0.2) is 36.5 Å². The van der Waals surface area contributed by atoms with Gasteiger partial charge in [-0.2, -0.15) is 0 Å². The molecule has 88 valence electrons. The summed E-state index contributed by atoms with van der Waals surface area (Å²) >= 11 is 0. The number of carbonyl (C=O) groups is 1. The summed E-state index contributed by atoms with van der Waals surface area (Å²) in [5, 5.41) is 0. The number of benzene rings is 1. The molecule has 2 rings (SSSR count). The number of hydrogen-bond acceptors (Lipinski definition) is 2. The quantitative estimate of drug-likeness (QED) is 0.755. The maximum atomic E-state index is 11.4. The largest absolute Gasteiger partial charge is 0.328 e. The van der Waals surface area contributed by atoms with Crippen molar-refractivity contribution in [2.75, 3.05) is 0 Å². The zero-order valence-corrected chi connectivity index (χ0v) is 10.3. The number of hydrogen-bond donors (Lipinski definition) is 0. The lowest BCUT2D eigenvalue weighted by atomic mass is 10.2. The lowest BCUT2D eigenvalue weighted by molar-refractivity contribution is 0.101. The molecule has 0 amide bonds. The monoisotopic (exact) mass is 228 g/mol. The molecule has 0 N–H and O–H groups in total. The lowest BCUT2D eigenvalue weighted by Crippen LogP contribution is -2.01. The number of nitrogens with zero attached hydrogens (tertiary/aromatic N) is 2. The van der Waals surface area contributed by atoms with Crippen LogP contribution in [-0.2, 0) is 0 Å². The van der Waals surface area contributed by atoms with Crippen LogP contribution in [0.4, 0.5) is 0 Å². The van der Waals surface area contributed by atoms with E-state index in [1.165, 1.54) is 0 Å². The Hall–Kier alpha value is -1.90. The van der Waals surface area contributed by atoms with Crippen molar-refractivity contribution in [3.63, 3.8) is 0 Å². The van der Waals surface area contributed by atoms with Crippen molar-refractivity contribution < 1.29 is 4.79 Å². The smallest absolute Gasteiger partial charge is 0.179 e. The summed E-state index contributed by atoms with van der Waals surface area (Å²) in [6.07, 6.45) is 1.83. The minimum atomic E-state index is 0.00146. The molecule has 1 aromatic heterocycles. The first-order valence-electron chi connectivity index (χ1n) is 5.75. The van der Waals surface area contributed by atoms with Gasteiger partial charge in [0, 0.05) is 24.7 Å². The molecular weight excluding hydrogens is 212 g/mol. The summed E-state index contributed by atoms with van der Waals surface area (Å²) in [5.74, 6) is 0.854. The number of rotatable bonds is 3. The predicted octanol–water partition coefficient (Wildman–Crippen LogP) is 3.33. The SMILES string of the molecule is CC(=O)c1cn(C(C)C)c(-c2ccccc2)n1. The third kappa shape index (κ3) is 2.28. The van der Waals surface area contributed by atoms with Crippen molar-refractivity contribution in [2.45, 2.75) is 26.8 Å². The van der Waals surface area contributed by atoms with Gasteiger partial charge in [-0.3, -0.25) is 4.79 Å². The number of aromatic nitrogens is 2. The molecule has 3 nitrogen and oxygen atoms in total. The highest BCUT2D eigenvalue weighted by atomic mass is 16.1. The Kier molecular flexibility index (Phi) is 3.09. The fourth-order valence-electron chi connectivity index (χ4n) is 1.76. The van der Waals surface area contributed by atoms with Crippen LogP contribution >= 0.6 is 0 Å². The molecule has 0 aliphatic heterocycles. The van der Waals surface area contributed by atoms with E-state index in [1.807, 2.05) is 41.1 Å². The minimum Gasteiger partial charge on any atom is -0.328 e. The summed E-state index contributed by atoms with van der Waals surface area (Å²) in [7, 11) is 0. The Morgan fingerprint density at radius 1 is 1.24 bits per heavy atom. The molecule has 0 bridgehead atoms. The van der Waals surface area contributed by atoms with Gasteiger partial charge in [0.05, 0.1) is 0 Å². The maximum absolute atomic E-state index is 11.4. The Labute approximate surface area is 101 Å². The van der Waals surface area contributed by atoms with E-state index in [0.717, 1.165) is 11.4 Å². The van der Waals surface area contributed by atoms with Crippen molar-refractivity contribution in [1.29, 1.82) is 0 Å². The van der Waals surface area contributed by atoms with E-state index < -0.39 is 0 Å². The van der Waals surface area contributed by atoms with Crippen LogP contribution in [0.3, 0.4) is 0 Å². The molecule has 0 spiro atoms. The van der Waals surface area contributed by atoms with Gasteiger partial charge < -0.3 is 4.57 Å². The van der Waals surface area contributed by atoms with E-state index in [2.05, 4.69) is 18.8 Å². The third-order valence-electron chi connectivity index (χ3n) is 2.68. The molecule has 0 fully saturated rings. The van der Waals surface area contributed by atoms with Gasteiger partial charge in [0.25, 0.3) is 0 Å². The highest BCUT2D eigenvalue weighted by molar-refractivity contribution is 5.92. The second kappa shape index (κ2) is 4.53. The zero-order valence-electron chi connectivity index (χ0n) is 10.3. The van der Waals surface area contributed by atoms with Gasteiger partial charge in [0.1, 0.15) is 11.5 Å².